The lowest BCUT2D eigenvalue weighted by Crippen LogP contribution is -2.48. The summed E-state index contributed by atoms with van der Waals surface area (Å²) in [6.45, 7) is 15.0. The number of carbonyl (C=O) groups is 1. The number of pyridine rings is 1. The lowest BCUT2D eigenvalue weighted by Gasteiger charge is -2.45. The van der Waals surface area contributed by atoms with E-state index in [4.69, 9.17) is 19.2 Å². The molecule has 248 valence electrons. The molecular formula is C35H45N3O7S. The third kappa shape index (κ3) is 7.38. The molecule has 5 rings (SSSR count). The van der Waals surface area contributed by atoms with Gasteiger partial charge in [-0.15, -0.1) is 0 Å². The number of rotatable bonds is 8. The largest absolute Gasteiger partial charge is 0.505 e. The van der Waals surface area contributed by atoms with E-state index in [-0.39, 0.29) is 60.4 Å². The number of amides is 1. The number of benzene rings is 2. The molecule has 2 N–H and O–H groups in total. The van der Waals surface area contributed by atoms with Crippen LogP contribution in [0.3, 0.4) is 0 Å². The van der Waals surface area contributed by atoms with Crippen LogP contribution in [0.1, 0.15) is 80.2 Å². The predicted molar refractivity (Wildman–Crippen MR) is 179 cm³/mol. The predicted octanol–water partition coefficient (Wildman–Crippen LogP) is 5.97. The molecule has 2 saturated heterocycles. The van der Waals surface area contributed by atoms with Gasteiger partial charge in [-0.1, -0.05) is 30.3 Å². The molecule has 46 heavy (non-hydrogen) atoms. The molecule has 10 nitrogen and oxygen atoms in total. The van der Waals surface area contributed by atoms with Gasteiger partial charge in [0, 0.05) is 18.7 Å². The number of aryl methyl sites for hydroxylation is 2. The van der Waals surface area contributed by atoms with Crippen molar-refractivity contribution in [2.24, 2.45) is 5.92 Å². The molecule has 0 aliphatic carbocycles. The maximum Gasteiger partial charge on any atom is 0.304 e. The lowest BCUT2D eigenvalue weighted by molar-refractivity contribution is -0.175. The molecule has 2 fully saturated rings. The van der Waals surface area contributed by atoms with Gasteiger partial charge >= 0.3 is 10.2 Å². The van der Waals surface area contributed by atoms with Gasteiger partial charge in [0.05, 0.1) is 47.5 Å². The Morgan fingerprint density at radius 2 is 1.67 bits per heavy atom. The molecule has 1 aromatic heterocycles. The summed E-state index contributed by atoms with van der Waals surface area (Å²) in [6.07, 6.45) is 1.59. The van der Waals surface area contributed by atoms with Crippen LogP contribution in [0.2, 0.25) is 0 Å². The topological polar surface area (TPSA) is 127 Å². The Morgan fingerprint density at radius 1 is 1.02 bits per heavy atom. The highest BCUT2D eigenvalue weighted by Gasteiger charge is 2.39. The van der Waals surface area contributed by atoms with Crippen LogP contribution < -0.4 is 9.46 Å². The van der Waals surface area contributed by atoms with E-state index in [1.54, 1.807) is 13.0 Å². The molecule has 2 aliphatic heterocycles. The first kappa shape index (κ1) is 33.8. The highest BCUT2D eigenvalue weighted by atomic mass is 32.2. The van der Waals surface area contributed by atoms with Crippen LogP contribution >= 0.6 is 0 Å². The number of nitrogens with one attached hydrogen (secondary N) is 1. The Labute approximate surface area is 271 Å². The minimum absolute atomic E-state index is 0.0345. The Morgan fingerprint density at radius 3 is 2.33 bits per heavy atom. The summed E-state index contributed by atoms with van der Waals surface area (Å²) in [6, 6.07) is 12.7. The number of fused-ring (bicyclic) bond motifs is 1. The number of aliphatic hydroxyl groups excluding tert-OH is 1. The molecule has 2 aliphatic rings. The van der Waals surface area contributed by atoms with Crippen molar-refractivity contribution in [2.75, 3.05) is 32.9 Å². The van der Waals surface area contributed by atoms with Crippen LogP contribution in [0.25, 0.3) is 22.2 Å². The summed E-state index contributed by atoms with van der Waals surface area (Å²) >= 11 is 0. The Kier molecular flexibility index (Phi) is 9.52. The fraction of sp³-hybridized carbons (Fsp3) is 0.486. The van der Waals surface area contributed by atoms with Crippen LogP contribution in [-0.2, 0) is 19.7 Å². The van der Waals surface area contributed by atoms with E-state index < -0.39 is 16.1 Å². The van der Waals surface area contributed by atoms with Gasteiger partial charge in [0.1, 0.15) is 17.2 Å². The minimum atomic E-state index is -4.17. The molecule has 0 spiro atoms. The average molecular weight is 652 g/mol. The zero-order chi connectivity index (χ0) is 33.4. The van der Waals surface area contributed by atoms with Gasteiger partial charge in [0.25, 0.3) is 5.91 Å². The van der Waals surface area contributed by atoms with E-state index in [0.717, 1.165) is 29.5 Å². The van der Waals surface area contributed by atoms with E-state index >= 15 is 0 Å². The fourth-order valence-corrected chi connectivity index (χ4v) is 7.92. The monoisotopic (exact) mass is 651 g/mol. The van der Waals surface area contributed by atoms with Crippen molar-refractivity contribution in [2.45, 2.75) is 72.5 Å². The number of aliphatic hydroxyl groups is 1. The molecule has 1 amide bonds. The van der Waals surface area contributed by atoms with Gasteiger partial charge < -0.3 is 19.3 Å². The first-order chi connectivity index (χ1) is 21.6. The number of nitrogens with zero attached hydrogens (tertiary/aromatic N) is 2. The van der Waals surface area contributed by atoms with Gasteiger partial charge in [-0.3, -0.25) is 4.79 Å². The van der Waals surface area contributed by atoms with Crippen molar-refractivity contribution in [3.8, 4) is 5.75 Å². The first-order valence-corrected chi connectivity index (χ1v) is 17.1. The Balaban J connectivity index is 1.61. The molecule has 2 aromatic carbocycles. The average Bonchev–Trinajstić information content (AvgIpc) is 2.98. The molecule has 0 bridgehead atoms. The van der Waals surface area contributed by atoms with E-state index in [1.807, 2.05) is 44.2 Å². The zero-order valence-corrected chi connectivity index (χ0v) is 28.6. The highest BCUT2D eigenvalue weighted by molar-refractivity contribution is 7.87. The summed E-state index contributed by atoms with van der Waals surface area (Å²) in [4.78, 5) is 18.8. The molecule has 0 radical (unpaired) electrons. The third-order valence-electron chi connectivity index (χ3n) is 8.63. The summed E-state index contributed by atoms with van der Waals surface area (Å²) < 4.78 is 48.0. The van der Waals surface area contributed by atoms with Crippen LogP contribution in [0.5, 0.6) is 5.75 Å². The van der Waals surface area contributed by atoms with Crippen molar-refractivity contribution in [1.82, 2.24) is 14.0 Å². The quantitative estimate of drug-likeness (QED) is 0.286. The Bertz CT molecular complexity index is 1760. The molecule has 3 heterocycles. The van der Waals surface area contributed by atoms with Gasteiger partial charge in [0.2, 0.25) is 0 Å². The van der Waals surface area contributed by atoms with Crippen molar-refractivity contribution in [1.29, 1.82) is 0 Å². The van der Waals surface area contributed by atoms with E-state index in [1.165, 1.54) is 10.4 Å². The second kappa shape index (κ2) is 12.9. The van der Waals surface area contributed by atoms with E-state index in [9.17, 15) is 18.3 Å². The molecule has 0 saturated carbocycles. The second-order valence-corrected chi connectivity index (χ2v) is 15.3. The minimum Gasteiger partial charge on any atom is -0.505 e. The summed E-state index contributed by atoms with van der Waals surface area (Å²) in [7, 11) is -4.17. The second-order valence-electron chi connectivity index (χ2n) is 13.6. The van der Waals surface area contributed by atoms with Crippen LogP contribution in [0.15, 0.2) is 42.5 Å². The number of allylic oxidation sites excluding steroid dienone is 1. The number of carbonyl (C=O) groups excluding carboxylic acids is 1. The first-order valence-electron chi connectivity index (χ1n) is 15.7. The number of morpholine rings is 1. The number of hydrogen-bond donors (Lipinski definition) is 2. The zero-order valence-electron chi connectivity index (χ0n) is 27.8. The van der Waals surface area contributed by atoms with Crippen molar-refractivity contribution < 1.29 is 32.5 Å². The van der Waals surface area contributed by atoms with Crippen molar-refractivity contribution in [3.63, 3.8) is 0 Å². The number of aromatic nitrogens is 1. The molecular weight excluding hydrogens is 606 g/mol. The van der Waals surface area contributed by atoms with Crippen LogP contribution in [0.4, 0.5) is 0 Å². The normalized spacial score (nSPS) is 19.5. The fourth-order valence-electron chi connectivity index (χ4n) is 6.82. The standard InChI is InChI=1S/C35H45N3O7S/c1-22-10-8-9-11-26(22)24(3)32(39)28-18-27(33(40)37-46(41,42)38-14-16-43-17-15-38)30-29(13-12-23(2)31(30)36-28)44-21-25-19-34(4,5)45-35(6,7)20-25/h8-13,18,25,39H,14-17,19-21H2,1-7H3,(H,37,40)/b32-24-. The van der Waals surface area contributed by atoms with E-state index in [2.05, 4.69) is 32.4 Å². The maximum absolute atomic E-state index is 14.0. The third-order valence-corrected chi connectivity index (χ3v) is 10.1. The molecule has 0 unspecified atom stereocenters. The summed E-state index contributed by atoms with van der Waals surface area (Å²) in [5, 5.41) is 11.9. The van der Waals surface area contributed by atoms with Crippen molar-refractivity contribution in [3.05, 3.63) is 70.4 Å². The summed E-state index contributed by atoms with van der Waals surface area (Å²) in [5.41, 5.74) is 3.09. The molecule has 3 aromatic rings. The highest BCUT2D eigenvalue weighted by Crippen LogP contribution is 2.40. The van der Waals surface area contributed by atoms with Gasteiger partial charge in [0.15, 0.2) is 0 Å². The van der Waals surface area contributed by atoms with E-state index in [0.29, 0.717) is 28.8 Å². The maximum atomic E-state index is 14.0. The van der Waals surface area contributed by atoms with Crippen LogP contribution in [0, 0.1) is 19.8 Å². The summed E-state index contributed by atoms with van der Waals surface area (Å²) in [5.74, 6) is -0.358. The van der Waals surface area contributed by atoms with Gasteiger partial charge in [-0.2, -0.15) is 12.7 Å². The molecule has 0 atom stereocenters. The van der Waals surface area contributed by atoms with Gasteiger partial charge in [-0.05, 0) is 96.0 Å². The number of ether oxygens (including phenoxy) is 3. The Hall–Kier alpha value is -3.51. The van der Waals surface area contributed by atoms with Gasteiger partial charge in [-0.25, -0.2) is 9.71 Å². The lowest BCUT2D eigenvalue weighted by atomic mass is 9.81. The molecule has 11 heteroatoms. The smallest absolute Gasteiger partial charge is 0.304 e. The van der Waals surface area contributed by atoms with Crippen LogP contribution in [-0.4, -0.2) is 72.8 Å². The van der Waals surface area contributed by atoms with Crippen molar-refractivity contribution >= 4 is 38.4 Å². The number of hydrogen-bond acceptors (Lipinski definition) is 8. The SMILES string of the molecule is C/C(=C(/O)c1cc(C(=O)NS(=O)(=O)N2CCOCC2)c2c(OCC3CC(C)(C)OC(C)(C)C3)ccc(C)c2n1)c1ccccc1C.